The molecule has 3 rings (SSSR count). The Morgan fingerprint density at radius 2 is 2.00 bits per heavy atom. The first-order valence-electron chi connectivity index (χ1n) is 8.32. The predicted molar refractivity (Wildman–Crippen MR) is 104 cm³/mol. The van der Waals surface area contributed by atoms with Crippen LogP contribution in [0.1, 0.15) is 28.4 Å². The average Bonchev–Trinajstić information content (AvgIpc) is 2.60. The van der Waals surface area contributed by atoms with Crippen molar-refractivity contribution in [3.8, 4) is 0 Å². The van der Waals surface area contributed by atoms with Crippen LogP contribution in [-0.4, -0.2) is 17.6 Å². The fourth-order valence-corrected chi connectivity index (χ4v) is 3.02. The quantitative estimate of drug-likeness (QED) is 0.657. The van der Waals surface area contributed by atoms with Gasteiger partial charge in [0.2, 0.25) is 0 Å². The van der Waals surface area contributed by atoms with Crippen LogP contribution in [0.3, 0.4) is 0 Å². The van der Waals surface area contributed by atoms with Crippen LogP contribution in [0.2, 0.25) is 5.02 Å². The van der Waals surface area contributed by atoms with E-state index in [-0.39, 0.29) is 12.2 Å². The van der Waals surface area contributed by atoms with Crippen LogP contribution < -0.4 is 10.9 Å². The van der Waals surface area contributed by atoms with E-state index in [9.17, 15) is 9.59 Å². The Balaban J connectivity index is 2.13. The maximum atomic E-state index is 12.5. The number of benzene rings is 2. The number of ether oxygens (including phenoxy) is 1. The van der Waals surface area contributed by atoms with Crippen LogP contribution in [-0.2, 0) is 11.3 Å². The third-order valence-electron chi connectivity index (χ3n) is 4.17. The summed E-state index contributed by atoms with van der Waals surface area (Å²) < 4.78 is 5.07. The number of pyridine rings is 1. The second-order valence-electron chi connectivity index (χ2n) is 5.89. The first kappa shape index (κ1) is 18.0. The van der Waals surface area contributed by atoms with E-state index in [1.807, 2.05) is 31.2 Å². The molecule has 1 aromatic heterocycles. The molecule has 2 N–H and O–H groups in total. The number of carbonyl (C=O) groups excluding carboxylic acids is 1. The molecule has 0 saturated heterocycles. The number of anilines is 1. The molecule has 26 heavy (non-hydrogen) atoms. The van der Waals surface area contributed by atoms with Gasteiger partial charge in [-0.3, -0.25) is 4.79 Å². The molecule has 6 heteroatoms. The van der Waals surface area contributed by atoms with Crippen LogP contribution >= 0.6 is 11.6 Å². The Morgan fingerprint density at radius 3 is 2.73 bits per heavy atom. The molecular formula is C20H19ClN2O3. The van der Waals surface area contributed by atoms with E-state index in [2.05, 4.69) is 10.3 Å². The zero-order valence-electron chi connectivity index (χ0n) is 14.6. The number of carbonyl (C=O) groups is 1. The van der Waals surface area contributed by atoms with E-state index in [0.717, 1.165) is 11.1 Å². The molecule has 0 aliphatic heterocycles. The molecule has 0 aliphatic rings. The van der Waals surface area contributed by atoms with Crippen molar-refractivity contribution < 1.29 is 9.53 Å². The molecule has 0 atom stereocenters. The van der Waals surface area contributed by atoms with Crippen LogP contribution in [0.15, 0.2) is 47.3 Å². The molecule has 134 valence electrons. The lowest BCUT2D eigenvalue weighted by atomic mass is 10.1. The van der Waals surface area contributed by atoms with E-state index in [4.69, 9.17) is 16.3 Å². The summed E-state index contributed by atoms with van der Waals surface area (Å²) in [6.07, 6.45) is 0. The number of hydrogen-bond acceptors (Lipinski definition) is 4. The largest absolute Gasteiger partial charge is 0.462 e. The van der Waals surface area contributed by atoms with Gasteiger partial charge in [0.05, 0.1) is 17.8 Å². The highest BCUT2D eigenvalue weighted by Gasteiger charge is 2.20. The van der Waals surface area contributed by atoms with Crippen molar-refractivity contribution in [3.63, 3.8) is 0 Å². The first-order valence-corrected chi connectivity index (χ1v) is 8.70. The molecule has 0 bridgehead atoms. The van der Waals surface area contributed by atoms with Gasteiger partial charge in [0.15, 0.2) is 0 Å². The van der Waals surface area contributed by atoms with E-state index in [0.29, 0.717) is 28.2 Å². The molecule has 1 heterocycles. The van der Waals surface area contributed by atoms with Gasteiger partial charge in [0.25, 0.3) is 5.56 Å². The topological polar surface area (TPSA) is 71.2 Å². The van der Waals surface area contributed by atoms with E-state index < -0.39 is 11.5 Å². The van der Waals surface area contributed by atoms with Gasteiger partial charge in [0, 0.05) is 17.0 Å². The first-order chi connectivity index (χ1) is 12.5. The Hall–Kier alpha value is -2.79. The number of halogens is 1. The molecule has 2 aromatic carbocycles. The minimum absolute atomic E-state index is 0.0322. The maximum absolute atomic E-state index is 12.5. The van der Waals surface area contributed by atoms with Crippen LogP contribution in [0.4, 0.5) is 5.69 Å². The smallest absolute Gasteiger partial charge is 0.345 e. The molecule has 0 aliphatic carbocycles. The summed E-state index contributed by atoms with van der Waals surface area (Å²) in [7, 11) is 0. The zero-order valence-corrected chi connectivity index (χ0v) is 15.3. The van der Waals surface area contributed by atoms with Crippen molar-refractivity contribution in [1.82, 2.24) is 4.98 Å². The fraction of sp³-hybridized carbons (Fsp3) is 0.200. The van der Waals surface area contributed by atoms with Gasteiger partial charge >= 0.3 is 5.97 Å². The van der Waals surface area contributed by atoms with Crippen molar-refractivity contribution in [3.05, 3.63) is 74.5 Å². The lowest BCUT2D eigenvalue weighted by molar-refractivity contribution is 0.0525. The second-order valence-corrected chi connectivity index (χ2v) is 6.33. The van der Waals surface area contributed by atoms with Gasteiger partial charge in [-0.2, -0.15) is 0 Å². The summed E-state index contributed by atoms with van der Waals surface area (Å²) in [6, 6.07) is 13.1. The number of aromatic nitrogens is 1. The minimum atomic E-state index is -0.655. The summed E-state index contributed by atoms with van der Waals surface area (Å²) in [4.78, 5) is 27.6. The third kappa shape index (κ3) is 3.58. The highest BCUT2D eigenvalue weighted by atomic mass is 35.5. The SMILES string of the molecule is CCOC(=O)c1c(NCc2ccccc2C)c2ccc(Cl)cc2[nH]c1=O. The van der Waals surface area contributed by atoms with Crippen molar-refractivity contribution in [2.24, 2.45) is 0 Å². The van der Waals surface area contributed by atoms with Crippen LogP contribution in [0.25, 0.3) is 10.9 Å². The Bertz CT molecular complexity index is 1030. The zero-order chi connectivity index (χ0) is 18.7. The molecule has 0 spiro atoms. The molecule has 0 amide bonds. The highest BCUT2D eigenvalue weighted by molar-refractivity contribution is 6.31. The molecule has 3 aromatic rings. The highest BCUT2D eigenvalue weighted by Crippen LogP contribution is 2.27. The molecule has 0 unspecified atom stereocenters. The second kappa shape index (κ2) is 7.62. The van der Waals surface area contributed by atoms with E-state index in [1.54, 1.807) is 25.1 Å². The van der Waals surface area contributed by atoms with Crippen LogP contribution in [0, 0.1) is 6.92 Å². The maximum Gasteiger partial charge on any atom is 0.345 e. The number of rotatable bonds is 5. The van der Waals surface area contributed by atoms with Crippen molar-refractivity contribution >= 4 is 34.2 Å². The molecule has 5 nitrogen and oxygen atoms in total. The van der Waals surface area contributed by atoms with E-state index >= 15 is 0 Å². The number of aryl methyl sites for hydroxylation is 1. The standard InChI is InChI=1S/C20H19ClN2O3/c1-3-26-20(25)17-18(22-11-13-7-5-4-6-12(13)2)15-9-8-14(21)10-16(15)23-19(17)24/h4-10H,3,11H2,1-2H3,(H2,22,23,24). The van der Waals surface area contributed by atoms with Crippen molar-refractivity contribution in [1.29, 1.82) is 0 Å². The molecular weight excluding hydrogens is 352 g/mol. The van der Waals surface area contributed by atoms with Crippen LogP contribution in [0.5, 0.6) is 0 Å². The number of H-pyrrole nitrogens is 1. The predicted octanol–water partition coefficient (Wildman–Crippen LogP) is 4.28. The van der Waals surface area contributed by atoms with Gasteiger partial charge in [0.1, 0.15) is 5.56 Å². The molecule has 0 saturated carbocycles. The summed E-state index contributed by atoms with van der Waals surface area (Å²) in [5.74, 6) is -0.655. The van der Waals surface area contributed by atoms with Crippen molar-refractivity contribution in [2.75, 3.05) is 11.9 Å². The lowest BCUT2D eigenvalue weighted by Crippen LogP contribution is -2.23. The summed E-state index contributed by atoms with van der Waals surface area (Å²) in [5, 5.41) is 4.45. The Labute approximate surface area is 156 Å². The number of aromatic amines is 1. The fourth-order valence-electron chi connectivity index (χ4n) is 2.84. The third-order valence-corrected chi connectivity index (χ3v) is 4.41. The molecule has 0 radical (unpaired) electrons. The van der Waals surface area contributed by atoms with Gasteiger partial charge in [-0.05, 0) is 43.2 Å². The number of nitrogens with one attached hydrogen (secondary N) is 2. The number of fused-ring (bicyclic) bond motifs is 1. The number of esters is 1. The van der Waals surface area contributed by atoms with Crippen molar-refractivity contribution in [2.45, 2.75) is 20.4 Å². The van der Waals surface area contributed by atoms with Gasteiger partial charge < -0.3 is 15.0 Å². The average molecular weight is 371 g/mol. The van der Waals surface area contributed by atoms with E-state index in [1.165, 1.54) is 0 Å². The molecule has 0 fully saturated rings. The summed E-state index contributed by atoms with van der Waals surface area (Å²) >= 11 is 6.04. The summed E-state index contributed by atoms with van der Waals surface area (Å²) in [5.41, 5.74) is 2.66. The minimum Gasteiger partial charge on any atom is -0.462 e. The summed E-state index contributed by atoms with van der Waals surface area (Å²) in [6.45, 7) is 4.38. The monoisotopic (exact) mass is 370 g/mol. The lowest BCUT2D eigenvalue weighted by Gasteiger charge is -2.15. The Kier molecular flexibility index (Phi) is 5.28. The number of hydrogen-bond donors (Lipinski definition) is 2. The van der Waals surface area contributed by atoms with Gasteiger partial charge in [-0.25, -0.2) is 4.79 Å². The normalized spacial score (nSPS) is 10.7. The van der Waals surface area contributed by atoms with Gasteiger partial charge in [-0.1, -0.05) is 35.9 Å². The Morgan fingerprint density at radius 1 is 1.23 bits per heavy atom. The van der Waals surface area contributed by atoms with Gasteiger partial charge in [-0.15, -0.1) is 0 Å².